The lowest BCUT2D eigenvalue weighted by Gasteiger charge is -2.22. The Kier molecular flexibility index (Phi) is 3.47. The van der Waals surface area contributed by atoms with Crippen molar-refractivity contribution < 1.29 is 27.9 Å². The Bertz CT molecular complexity index is 579. The molecule has 2 rings (SSSR count). The van der Waals surface area contributed by atoms with E-state index >= 15 is 0 Å². The quantitative estimate of drug-likeness (QED) is 0.906. The second-order valence-electron chi connectivity index (χ2n) is 4.10. The Labute approximate surface area is 111 Å². The fourth-order valence-electron chi connectivity index (χ4n) is 1.70. The molecule has 0 spiro atoms. The number of anilines is 1. The van der Waals surface area contributed by atoms with Crippen molar-refractivity contribution in [1.29, 1.82) is 0 Å². The second-order valence-corrected chi connectivity index (χ2v) is 4.10. The molecule has 0 aliphatic carbocycles. The van der Waals surface area contributed by atoms with Crippen molar-refractivity contribution in [2.75, 3.05) is 5.01 Å². The Morgan fingerprint density at radius 3 is 2.30 bits per heavy atom. The molecule has 1 heterocycles. The monoisotopic (exact) mass is 286 g/mol. The van der Waals surface area contributed by atoms with Crippen molar-refractivity contribution in [2.45, 2.75) is 19.0 Å². The summed E-state index contributed by atoms with van der Waals surface area (Å²) in [6.07, 6.45) is -4.52. The SMILES string of the molecule is O=C(O)C1=NN(c2ccc(C(F)(F)F)cc2)C(=O)CC1. The molecule has 1 aromatic rings. The van der Waals surface area contributed by atoms with Gasteiger partial charge in [0.05, 0.1) is 11.3 Å². The van der Waals surface area contributed by atoms with Gasteiger partial charge in [-0.05, 0) is 24.3 Å². The van der Waals surface area contributed by atoms with Gasteiger partial charge < -0.3 is 5.11 Å². The minimum atomic E-state index is -4.47. The normalized spacial score (nSPS) is 16.1. The predicted octanol–water partition coefficient (Wildman–Crippen LogP) is 2.27. The van der Waals surface area contributed by atoms with Gasteiger partial charge in [-0.3, -0.25) is 4.79 Å². The second kappa shape index (κ2) is 4.95. The minimum absolute atomic E-state index is 0.00526. The van der Waals surface area contributed by atoms with Gasteiger partial charge in [0.2, 0.25) is 5.91 Å². The van der Waals surface area contributed by atoms with E-state index in [1.54, 1.807) is 0 Å². The average Bonchev–Trinajstić information content (AvgIpc) is 2.38. The number of amides is 1. The van der Waals surface area contributed by atoms with E-state index in [0.717, 1.165) is 29.3 Å². The highest BCUT2D eigenvalue weighted by Gasteiger charge is 2.31. The zero-order valence-electron chi connectivity index (χ0n) is 10.0. The number of carboxylic acids is 1. The number of hydrogen-bond acceptors (Lipinski definition) is 3. The largest absolute Gasteiger partial charge is 0.477 e. The number of carbonyl (C=O) groups excluding carboxylic acids is 1. The zero-order valence-corrected chi connectivity index (χ0v) is 10.0. The molecule has 1 aliphatic heterocycles. The van der Waals surface area contributed by atoms with Crippen LogP contribution in [0.5, 0.6) is 0 Å². The Morgan fingerprint density at radius 1 is 1.20 bits per heavy atom. The van der Waals surface area contributed by atoms with E-state index in [1.165, 1.54) is 0 Å². The number of carboxylic acid groups (broad SMARTS) is 1. The molecular formula is C12H9F3N2O3. The molecule has 5 nitrogen and oxygen atoms in total. The summed E-state index contributed by atoms with van der Waals surface area (Å²) in [5, 5.41) is 13.3. The van der Waals surface area contributed by atoms with Gasteiger partial charge in [-0.1, -0.05) is 0 Å². The summed E-state index contributed by atoms with van der Waals surface area (Å²) >= 11 is 0. The van der Waals surface area contributed by atoms with Crippen LogP contribution in [0.1, 0.15) is 18.4 Å². The lowest BCUT2D eigenvalue weighted by atomic mass is 10.1. The predicted molar refractivity (Wildman–Crippen MR) is 63.2 cm³/mol. The number of carbonyl (C=O) groups is 2. The zero-order chi connectivity index (χ0) is 14.9. The van der Waals surface area contributed by atoms with Gasteiger partial charge in [-0.2, -0.15) is 18.3 Å². The number of hydrazone groups is 1. The van der Waals surface area contributed by atoms with Gasteiger partial charge in [-0.25, -0.2) is 9.80 Å². The van der Waals surface area contributed by atoms with Crippen LogP contribution in [-0.2, 0) is 15.8 Å². The first kappa shape index (κ1) is 14.0. The van der Waals surface area contributed by atoms with Crippen LogP contribution >= 0.6 is 0 Å². The first-order chi connectivity index (χ1) is 9.29. The number of benzene rings is 1. The maximum atomic E-state index is 12.4. The van der Waals surface area contributed by atoms with Crippen LogP contribution in [0.2, 0.25) is 0 Å². The smallest absolute Gasteiger partial charge is 0.416 e. The summed E-state index contributed by atoms with van der Waals surface area (Å²) < 4.78 is 37.3. The van der Waals surface area contributed by atoms with E-state index in [-0.39, 0.29) is 24.2 Å². The standard InChI is InChI=1S/C12H9F3N2O3/c13-12(14,15)7-1-3-8(4-2-7)17-10(18)6-5-9(16-17)11(19)20/h1-4H,5-6H2,(H,19,20). The van der Waals surface area contributed by atoms with Gasteiger partial charge in [0.15, 0.2) is 0 Å². The number of hydrogen-bond donors (Lipinski definition) is 1. The molecule has 0 atom stereocenters. The number of nitrogens with zero attached hydrogens (tertiary/aromatic N) is 2. The molecule has 1 N–H and O–H groups in total. The first-order valence-electron chi connectivity index (χ1n) is 5.60. The van der Waals surface area contributed by atoms with Crippen LogP contribution in [0.4, 0.5) is 18.9 Å². The molecule has 8 heteroatoms. The highest BCUT2D eigenvalue weighted by atomic mass is 19.4. The number of aliphatic carboxylic acids is 1. The minimum Gasteiger partial charge on any atom is -0.477 e. The third-order valence-corrected chi connectivity index (χ3v) is 2.72. The number of alkyl halides is 3. The maximum Gasteiger partial charge on any atom is 0.416 e. The summed E-state index contributed by atoms with van der Waals surface area (Å²) in [6, 6.07) is 3.78. The van der Waals surface area contributed by atoms with Gasteiger partial charge in [-0.15, -0.1) is 0 Å². The third-order valence-electron chi connectivity index (χ3n) is 2.72. The van der Waals surface area contributed by atoms with E-state index in [2.05, 4.69) is 5.10 Å². The van der Waals surface area contributed by atoms with Gasteiger partial charge in [0.25, 0.3) is 0 Å². The molecule has 1 amide bonds. The molecular weight excluding hydrogens is 277 g/mol. The van der Waals surface area contributed by atoms with Crippen molar-refractivity contribution in [1.82, 2.24) is 0 Å². The van der Waals surface area contributed by atoms with Crippen molar-refractivity contribution in [3.05, 3.63) is 29.8 Å². The van der Waals surface area contributed by atoms with E-state index < -0.39 is 23.6 Å². The molecule has 1 aromatic carbocycles. The highest BCUT2D eigenvalue weighted by molar-refractivity contribution is 6.37. The van der Waals surface area contributed by atoms with E-state index in [1.807, 2.05) is 0 Å². The lowest BCUT2D eigenvalue weighted by molar-refractivity contribution is -0.137. The Morgan fingerprint density at radius 2 is 1.80 bits per heavy atom. The van der Waals surface area contributed by atoms with Crippen LogP contribution in [-0.4, -0.2) is 22.7 Å². The molecule has 0 saturated carbocycles. The molecule has 1 aliphatic rings. The fourth-order valence-corrected chi connectivity index (χ4v) is 1.70. The molecule has 0 aromatic heterocycles. The summed E-state index contributed by atoms with van der Waals surface area (Å²) in [5.74, 6) is -1.72. The number of rotatable bonds is 2. The van der Waals surface area contributed by atoms with Crippen molar-refractivity contribution in [3.63, 3.8) is 0 Å². The van der Waals surface area contributed by atoms with Crippen molar-refractivity contribution in [3.8, 4) is 0 Å². The Balaban J connectivity index is 2.32. The van der Waals surface area contributed by atoms with Gasteiger partial charge in [0.1, 0.15) is 5.71 Å². The Hall–Kier alpha value is -2.38. The highest BCUT2D eigenvalue weighted by Crippen LogP contribution is 2.31. The summed E-state index contributed by atoms with van der Waals surface area (Å²) in [5.41, 5.74) is -0.959. The van der Waals surface area contributed by atoms with Crippen LogP contribution in [0.15, 0.2) is 29.4 Å². The fraction of sp³-hybridized carbons (Fsp3) is 0.250. The van der Waals surface area contributed by atoms with Gasteiger partial charge in [0, 0.05) is 12.8 Å². The number of halogens is 3. The summed E-state index contributed by atoms with van der Waals surface area (Å²) in [4.78, 5) is 22.5. The van der Waals surface area contributed by atoms with Gasteiger partial charge >= 0.3 is 12.1 Å². The van der Waals surface area contributed by atoms with E-state index in [4.69, 9.17) is 5.11 Å². The van der Waals surface area contributed by atoms with Crippen molar-refractivity contribution in [2.24, 2.45) is 5.10 Å². The first-order valence-corrected chi connectivity index (χ1v) is 5.60. The van der Waals surface area contributed by atoms with Crippen LogP contribution in [0.25, 0.3) is 0 Å². The third kappa shape index (κ3) is 2.79. The summed E-state index contributed by atoms with van der Waals surface area (Å²) in [7, 11) is 0. The van der Waals surface area contributed by atoms with Crippen LogP contribution < -0.4 is 5.01 Å². The lowest BCUT2D eigenvalue weighted by Crippen LogP contribution is -2.34. The van der Waals surface area contributed by atoms with Crippen molar-refractivity contribution >= 4 is 23.3 Å². The molecule has 0 fully saturated rings. The topological polar surface area (TPSA) is 70.0 Å². The van der Waals surface area contributed by atoms with Crippen LogP contribution in [0, 0.1) is 0 Å². The molecule has 0 bridgehead atoms. The maximum absolute atomic E-state index is 12.4. The molecule has 0 radical (unpaired) electrons. The molecule has 106 valence electrons. The molecule has 0 unspecified atom stereocenters. The average molecular weight is 286 g/mol. The molecule has 0 saturated heterocycles. The van der Waals surface area contributed by atoms with Crippen LogP contribution in [0.3, 0.4) is 0 Å². The van der Waals surface area contributed by atoms with E-state index in [9.17, 15) is 22.8 Å². The summed E-state index contributed by atoms with van der Waals surface area (Å²) in [6.45, 7) is 0. The molecule has 20 heavy (non-hydrogen) atoms. The van der Waals surface area contributed by atoms with E-state index in [0.29, 0.717) is 0 Å².